The minimum atomic E-state index is -0.555. The van der Waals surface area contributed by atoms with Crippen LogP contribution in [-0.2, 0) is 19.1 Å². The van der Waals surface area contributed by atoms with Crippen molar-refractivity contribution in [3.8, 4) is 0 Å². The maximum Gasteiger partial charge on any atom is 0.339 e. The van der Waals surface area contributed by atoms with Crippen LogP contribution in [0.15, 0.2) is 34.2 Å². The normalized spacial score (nSPS) is 15.4. The molecule has 6 nitrogen and oxygen atoms in total. The number of halogens is 1. The van der Waals surface area contributed by atoms with Gasteiger partial charge in [-0.05, 0) is 31.4 Å². The number of ether oxygens (including phenoxy) is 2. The molecule has 1 fully saturated rings. The zero-order chi connectivity index (χ0) is 19.1. The maximum atomic E-state index is 12.2. The largest absolute Gasteiger partial charge is 0.463 e. The van der Waals surface area contributed by atoms with E-state index in [4.69, 9.17) is 21.1 Å². The van der Waals surface area contributed by atoms with Crippen molar-refractivity contribution in [3.63, 3.8) is 0 Å². The first-order valence-electron chi connectivity index (χ1n) is 7.78. The highest BCUT2D eigenvalue weighted by Crippen LogP contribution is 2.28. The van der Waals surface area contributed by atoms with Crippen LogP contribution in [0.3, 0.4) is 0 Å². The number of hydrogen-bond acceptors (Lipinski definition) is 7. The molecule has 0 unspecified atom stereocenters. The molecule has 0 N–H and O–H groups in total. The number of carbonyl (C=O) groups excluding carboxylic acids is 3. The molecule has 26 heavy (non-hydrogen) atoms. The molecule has 1 amide bonds. The highest BCUT2D eigenvalue weighted by Gasteiger charge is 2.27. The second-order valence-electron chi connectivity index (χ2n) is 5.05. The van der Waals surface area contributed by atoms with E-state index in [2.05, 4.69) is 0 Å². The summed E-state index contributed by atoms with van der Waals surface area (Å²) >= 11 is 8.79. The Morgan fingerprint density at radius 3 is 2.85 bits per heavy atom. The van der Waals surface area contributed by atoms with Gasteiger partial charge in [0.2, 0.25) is 5.91 Å². The summed E-state index contributed by atoms with van der Waals surface area (Å²) in [4.78, 5) is 38.0. The summed E-state index contributed by atoms with van der Waals surface area (Å²) < 4.78 is 10.1. The Kier molecular flexibility index (Phi) is 7.86. The van der Waals surface area contributed by atoms with Crippen molar-refractivity contribution in [3.05, 3.63) is 39.9 Å². The number of thioether (sulfide) groups is 2. The van der Waals surface area contributed by atoms with Crippen LogP contribution in [0.5, 0.6) is 0 Å². The highest BCUT2D eigenvalue weighted by atomic mass is 35.5. The van der Waals surface area contributed by atoms with E-state index in [9.17, 15) is 14.4 Å². The van der Waals surface area contributed by atoms with Gasteiger partial charge in [0.25, 0.3) is 0 Å². The number of benzene rings is 1. The molecular formula is C17H18ClNO5S2. The molecule has 0 radical (unpaired) electrons. The third kappa shape index (κ3) is 5.43. The predicted molar refractivity (Wildman–Crippen MR) is 102 cm³/mol. The van der Waals surface area contributed by atoms with Crippen LogP contribution in [0.2, 0.25) is 5.02 Å². The Balaban J connectivity index is 1.96. The van der Waals surface area contributed by atoms with Crippen LogP contribution in [0.4, 0.5) is 0 Å². The van der Waals surface area contributed by atoms with E-state index in [1.54, 1.807) is 19.1 Å². The molecule has 140 valence electrons. The number of hydrogen-bond donors (Lipinski definition) is 0. The monoisotopic (exact) mass is 415 g/mol. The van der Waals surface area contributed by atoms with E-state index in [0.717, 1.165) is 4.90 Å². The van der Waals surface area contributed by atoms with Gasteiger partial charge in [-0.25, -0.2) is 9.59 Å². The van der Waals surface area contributed by atoms with E-state index in [1.165, 1.54) is 34.5 Å². The zero-order valence-electron chi connectivity index (χ0n) is 14.3. The van der Waals surface area contributed by atoms with Gasteiger partial charge in [0, 0.05) is 4.90 Å². The zero-order valence-corrected chi connectivity index (χ0v) is 16.7. The van der Waals surface area contributed by atoms with Gasteiger partial charge in [-0.2, -0.15) is 0 Å². The van der Waals surface area contributed by atoms with E-state index >= 15 is 0 Å². The lowest BCUT2D eigenvalue weighted by Gasteiger charge is -2.17. The van der Waals surface area contributed by atoms with Gasteiger partial charge >= 0.3 is 11.9 Å². The van der Waals surface area contributed by atoms with Crippen molar-refractivity contribution in [2.75, 3.05) is 31.8 Å². The molecule has 0 aliphatic carbocycles. The first-order chi connectivity index (χ1) is 12.5. The van der Waals surface area contributed by atoms with Gasteiger partial charge in [-0.15, -0.1) is 11.8 Å². The second-order valence-corrected chi connectivity index (χ2v) is 7.33. The summed E-state index contributed by atoms with van der Waals surface area (Å²) in [6.45, 7) is 2.11. The summed E-state index contributed by atoms with van der Waals surface area (Å²) in [5.41, 5.74) is 0.280. The molecule has 0 aromatic heterocycles. The third-order valence-electron chi connectivity index (χ3n) is 3.38. The lowest BCUT2D eigenvalue weighted by molar-refractivity contribution is -0.137. The number of carbonyl (C=O) groups is 3. The molecule has 9 heteroatoms. The molecule has 2 rings (SSSR count). The molecule has 0 saturated carbocycles. The lowest BCUT2D eigenvalue weighted by Crippen LogP contribution is -2.29. The van der Waals surface area contributed by atoms with Gasteiger partial charge in [-0.3, -0.25) is 4.79 Å². The fraction of sp³-hybridized carbons (Fsp3) is 0.353. The third-order valence-corrected chi connectivity index (χ3v) is 5.46. The first kappa shape index (κ1) is 20.7. The Morgan fingerprint density at radius 1 is 1.38 bits per heavy atom. The van der Waals surface area contributed by atoms with Crippen molar-refractivity contribution in [1.82, 2.24) is 4.90 Å². The summed E-state index contributed by atoms with van der Waals surface area (Å²) in [6.07, 6.45) is 3.17. The molecule has 1 aromatic rings. The summed E-state index contributed by atoms with van der Waals surface area (Å²) in [5.74, 6) is -0.974. The van der Waals surface area contributed by atoms with Gasteiger partial charge in [0.1, 0.15) is 6.61 Å². The summed E-state index contributed by atoms with van der Waals surface area (Å²) in [5, 5.41) is 0.801. The van der Waals surface area contributed by atoms with Gasteiger partial charge in [-0.1, -0.05) is 23.4 Å². The molecule has 1 heterocycles. The summed E-state index contributed by atoms with van der Waals surface area (Å²) in [7, 11) is 0. The standard InChI is InChI=1S/C17H18ClNO5S2/c1-3-23-16(21)9-15-19(14(20)10-26-15)6-7-24-17(22)12-8-11(25-2)4-5-13(12)18/h4-5,8-9H,3,6-7,10H2,1-2H3. The van der Waals surface area contributed by atoms with E-state index in [0.29, 0.717) is 10.1 Å². The minimum Gasteiger partial charge on any atom is -0.463 e. The van der Waals surface area contributed by atoms with Crippen LogP contribution >= 0.6 is 35.1 Å². The number of esters is 2. The number of rotatable bonds is 7. The molecule has 0 spiro atoms. The molecular weight excluding hydrogens is 398 g/mol. The Bertz CT molecular complexity index is 738. The number of nitrogens with zero attached hydrogens (tertiary/aromatic N) is 1. The van der Waals surface area contributed by atoms with Gasteiger partial charge < -0.3 is 14.4 Å². The molecule has 1 saturated heterocycles. The average Bonchev–Trinajstić information content (AvgIpc) is 2.95. The fourth-order valence-electron chi connectivity index (χ4n) is 2.15. The molecule has 0 bridgehead atoms. The minimum absolute atomic E-state index is 0.00881. The Hall–Kier alpha value is -1.64. The average molecular weight is 416 g/mol. The van der Waals surface area contributed by atoms with E-state index < -0.39 is 11.9 Å². The number of amides is 1. The molecule has 0 atom stereocenters. The molecule has 1 aliphatic heterocycles. The topological polar surface area (TPSA) is 72.9 Å². The van der Waals surface area contributed by atoms with E-state index in [1.807, 2.05) is 12.3 Å². The smallest absolute Gasteiger partial charge is 0.339 e. The maximum absolute atomic E-state index is 12.2. The van der Waals surface area contributed by atoms with Crippen molar-refractivity contribution < 1.29 is 23.9 Å². The van der Waals surface area contributed by atoms with Crippen LogP contribution < -0.4 is 0 Å². The molecule has 1 aliphatic rings. The fourth-order valence-corrected chi connectivity index (χ4v) is 3.74. The highest BCUT2D eigenvalue weighted by molar-refractivity contribution is 8.04. The van der Waals surface area contributed by atoms with Crippen molar-refractivity contribution in [2.45, 2.75) is 11.8 Å². The van der Waals surface area contributed by atoms with Crippen molar-refractivity contribution >= 4 is 53.0 Å². The van der Waals surface area contributed by atoms with Crippen LogP contribution in [0, 0.1) is 0 Å². The van der Waals surface area contributed by atoms with Crippen LogP contribution in [0.1, 0.15) is 17.3 Å². The second kappa shape index (κ2) is 9.89. The Labute approximate surface area is 165 Å². The van der Waals surface area contributed by atoms with Gasteiger partial charge in [0.05, 0.1) is 40.6 Å². The van der Waals surface area contributed by atoms with Crippen LogP contribution in [-0.4, -0.2) is 54.5 Å². The van der Waals surface area contributed by atoms with Crippen molar-refractivity contribution in [2.24, 2.45) is 0 Å². The van der Waals surface area contributed by atoms with Gasteiger partial charge in [0.15, 0.2) is 0 Å². The molecule has 1 aromatic carbocycles. The quantitative estimate of drug-likeness (QED) is 0.384. The predicted octanol–water partition coefficient (Wildman–Crippen LogP) is 3.20. The lowest BCUT2D eigenvalue weighted by atomic mass is 10.2. The van der Waals surface area contributed by atoms with E-state index in [-0.39, 0.29) is 37.0 Å². The van der Waals surface area contributed by atoms with Crippen LogP contribution in [0.25, 0.3) is 0 Å². The SMILES string of the molecule is CCOC(=O)C=C1SCC(=O)N1CCOC(=O)c1cc(SC)ccc1Cl. The first-order valence-corrected chi connectivity index (χ1v) is 10.4. The van der Waals surface area contributed by atoms with Crippen molar-refractivity contribution in [1.29, 1.82) is 0 Å². The summed E-state index contributed by atoms with van der Waals surface area (Å²) in [6, 6.07) is 5.12. The Morgan fingerprint density at radius 2 is 2.15 bits per heavy atom.